The van der Waals surface area contributed by atoms with Crippen LogP contribution in [0.15, 0.2) is 34.8 Å². The Hall–Kier alpha value is -1.92. The molecule has 6 heteroatoms. The molecule has 0 unspecified atom stereocenters. The number of benzene rings is 2. The van der Waals surface area contributed by atoms with E-state index in [-0.39, 0.29) is 0 Å². The van der Waals surface area contributed by atoms with Gasteiger partial charge in [0.05, 0.1) is 32.4 Å². The van der Waals surface area contributed by atoms with Crippen LogP contribution in [0.1, 0.15) is 18.1 Å². The summed E-state index contributed by atoms with van der Waals surface area (Å²) < 4.78 is 22.5. The third-order valence-corrected chi connectivity index (χ3v) is 4.23. The molecule has 0 atom stereocenters. The average molecular weight is 410 g/mol. The summed E-state index contributed by atoms with van der Waals surface area (Å²) >= 11 is 3.54. The van der Waals surface area contributed by atoms with Gasteiger partial charge in [0.25, 0.3) is 0 Å². The maximum atomic E-state index is 5.66. The maximum absolute atomic E-state index is 5.66. The molecule has 0 aliphatic heterocycles. The second-order valence-electron chi connectivity index (χ2n) is 5.37. The predicted octanol–water partition coefficient (Wildman–Crippen LogP) is 4.16. The van der Waals surface area contributed by atoms with E-state index in [0.29, 0.717) is 25.4 Å². The minimum absolute atomic E-state index is 0.587. The van der Waals surface area contributed by atoms with Crippen molar-refractivity contribution in [1.82, 2.24) is 5.32 Å². The number of hydrogen-bond acceptors (Lipinski definition) is 5. The molecule has 0 saturated heterocycles. The molecule has 0 heterocycles. The van der Waals surface area contributed by atoms with Crippen molar-refractivity contribution in [2.24, 2.45) is 0 Å². The molecule has 2 rings (SSSR count). The minimum Gasteiger partial charge on any atom is -0.497 e. The van der Waals surface area contributed by atoms with Crippen LogP contribution in [0.4, 0.5) is 0 Å². The summed E-state index contributed by atoms with van der Waals surface area (Å²) in [6.45, 7) is 3.93. The number of rotatable bonds is 9. The number of ether oxygens (including phenoxy) is 4. The lowest BCUT2D eigenvalue weighted by Crippen LogP contribution is -2.13. The zero-order chi connectivity index (χ0) is 18.2. The standard InChI is InChI=1S/C19H24BrNO4/c1-5-25-18-9-14(8-17(20)19(18)24-4)12-21-11-13-6-15(22-2)10-16(7-13)23-3/h6-10,21H,5,11-12H2,1-4H3. The second-order valence-corrected chi connectivity index (χ2v) is 6.22. The zero-order valence-electron chi connectivity index (χ0n) is 15.0. The van der Waals surface area contributed by atoms with Crippen LogP contribution in [-0.4, -0.2) is 27.9 Å². The van der Waals surface area contributed by atoms with Crippen LogP contribution in [0.3, 0.4) is 0 Å². The first-order chi connectivity index (χ1) is 12.1. The number of halogens is 1. The first-order valence-electron chi connectivity index (χ1n) is 8.03. The smallest absolute Gasteiger partial charge is 0.174 e. The second kappa shape index (κ2) is 9.53. The molecular weight excluding hydrogens is 386 g/mol. The number of nitrogens with one attached hydrogen (secondary N) is 1. The molecular formula is C19H24BrNO4. The van der Waals surface area contributed by atoms with Crippen molar-refractivity contribution in [3.05, 3.63) is 45.9 Å². The molecule has 0 aliphatic carbocycles. The Morgan fingerprint density at radius 2 is 1.44 bits per heavy atom. The van der Waals surface area contributed by atoms with Gasteiger partial charge in [-0.3, -0.25) is 0 Å². The van der Waals surface area contributed by atoms with Crippen molar-refractivity contribution in [3.8, 4) is 23.0 Å². The fourth-order valence-corrected chi connectivity index (χ4v) is 3.16. The van der Waals surface area contributed by atoms with Crippen molar-refractivity contribution in [1.29, 1.82) is 0 Å². The van der Waals surface area contributed by atoms with E-state index in [0.717, 1.165) is 32.8 Å². The minimum atomic E-state index is 0.587. The molecule has 136 valence electrons. The van der Waals surface area contributed by atoms with Gasteiger partial charge in [-0.25, -0.2) is 0 Å². The maximum Gasteiger partial charge on any atom is 0.174 e. The van der Waals surface area contributed by atoms with Gasteiger partial charge in [0.2, 0.25) is 0 Å². The van der Waals surface area contributed by atoms with Gasteiger partial charge in [-0.15, -0.1) is 0 Å². The van der Waals surface area contributed by atoms with E-state index >= 15 is 0 Å². The summed E-state index contributed by atoms with van der Waals surface area (Å²) in [5, 5.41) is 3.43. The molecule has 2 aromatic rings. The first-order valence-corrected chi connectivity index (χ1v) is 8.82. The zero-order valence-corrected chi connectivity index (χ0v) is 16.6. The van der Waals surface area contributed by atoms with Crippen molar-refractivity contribution in [3.63, 3.8) is 0 Å². The van der Waals surface area contributed by atoms with Crippen LogP contribution in [0, 0.1) is 0 Å². The van der Waals surface area contributed by atoms with Gasteiger partial charge in [0, 0.05) is 19.2 Å². The van der Waals surface area contributed by atoms with Gasteiger partial charge < -0.3 is 24.3 Å². The molecule has 0 bridgehead atoms. The molecule has 0 amide bonds. The quantitative estimate of drug-likeness (QED) is 0.673. The van der Waals surface area contributed by atoms with Gasteiger partial charge in [-0.05, 0) is 58.2 Å². The summed E-state index contributed by atoms with van der Waals surface area (Å²) in [6.07, 6.45) is 0. The lowest BCUT2D eigenvalue weighted by atomic mass is 10.1. The molecule has 0 radical (unpaired) electrons. The third kappa shape index (κ3) is 5.28. The van der Waals surface area contributed by atoms with E-state index in [9.17, 15) is 0 Å². The van der Waals surface area contributed by atoms with Crippen LogP contribution >= 0.6 is 15.9 Å². The van der Waals surface area contributed by atoms with E-state index in [1.807, 2.05) is 37.3 Å². The van der Waals surface area contributed by atoms with E-state index in [1.165, 1.54) is 0 Å². The number of methoxy groups -OCH3 is 3. The van der Waals surface area contributed by atoms with Crippen molar-refractivity contribution in [2.75, 3.05) is 27.9 Å². The third-order valence-electron chi connectivity index (χ3n) is 3.64. The Kier molecular flexibility index (Phi) is 7.40. The molecule has 0 spiro atoms. The van der Waals surface area contributed by atoms with Crippen molar-refractivity contribution in [2.45, 2.75) is 20.0 Å². The lowest BCUT2D eigenvalue weighted by molar-refractivity contribution is 0.309. The Morgan fingerprint density at radius 3 is 1.96 bits per heavy atom. The molecule has 0 fully saturated rings. The highest BCUT2D eigenvalue weighted by atomic mass is 79.9. The van der Waals surface area contributed by atoms with Crippen LogP contribution in [0.2, 0.25) is 0 Å². The van der Waals surface area contributed by atoms with Gasteiger partial charge >= 0.3 is 0 Å². The molecule has 1 N–H and O–H groups in total. The Morgan fingerprint density at radius 1 is 0.840 bits per heavy atom. The summed E-state index contributed by atoms with van der Waals surface area (Å²) in [5.74, 6) is 3.01. The van der Waals surface area contributed by atoms with Crippen LogP contribution in [0.5, 0.6) is 23.0 Å². The Bertz CT molecular complexity index is 684. The average Bonchev–Trinajstić information content (AvgIpc) is 2.61. The van der Waals surface area contributed by atoms with Gasteiger partial charge in [0.15, 0.2) is 11.5 Å². The summed E-state index contributed by atoms with van der Waals surface area (Å²) in [4.78, 5) is 0. The Balaban J connectivity index is 2.06. The predicted molar refractivity (Wildman–Crippen MR) is 102 cm³/mol. The SMILES string of the molecule is CCOc1cc(CNCc2cc(OC)cc(OC)c2)cc(Br)c1OC. The largest absolute Gasteiger partial charge is 0.497 e. The van der Waals surface area contributed by atoms with Gasteiger partial charge in [-0.1, -0.05) is 0 Å². The van der Waals surface area contributed by atoms with E-state index in [1.54, 1.807) is 21.3 Å². The normalized spacial score (nSPS) is 10.4. The molecule has 0 aliphatic rings. The fraction of sp³-hybridized carbons (Fsp3) is 0.368. The fourth-order valence-electron chi connectivity index (χ4n) is 2.50. The first kappa shape index (κ1) is 19.4. The molecule has 5 nitrogen and oxygen atoms in total. The molecule has 0 aromatic heterocycles. The molecule has 0 saturated carbocycles. The van der Waals surface area contributed by atoms with Gasteiger partial charge in [0.1, 0.15) is 11.5 Å². The highest BCUT2D eigenvalue weighted by molar-refractivity contribution is 9.10. The topological polar surface area (TPSA) is 49.0 Å². The monoisotopic (exact) mass is 409 g/mol. The lowest BCUT2D eigenvalue weighted by Gasteiger charge is -2.14. The van der Waals surface area contributed by atoms with Crippen LogP contribution in [0.25, 0.3) is 0 Å². The number of hydrogen-bond donors (Lipinski definition) is 1. The van der Waals surface area contributed by atoms with Crippen LogP contribution in [-0.2, 0) is 13.1 Å². The summed E-state index contributed by atoms with van der Waals surface area (Å²) in [6, 6.07) is 9.86. The van der Waals surface area contributed by atoms with Crippen LogP contribution < -0.4 is 24.3 Å². The summed E-state index contributed by atoms with van der Waals surface area (Å²) in [5.41, 5.74) is 2.19. The molecule has 25 heavy (non-hydrogen) atoms. The summed E-state index contributed by atoms with van der Waals surface area (Å²) in [7, 11) is 4.93. The van der Waals surface area contributed by atoms with Gasteiger partial charge in [-0.2, -0.15) is 0 Å². The molecule has 2 aromatic carbocycles. The Labute approximate surface area is 157 Å². The van der Waals surface area contributed by atoms with E-state index in [4.69, 9.17) is 18.9 Å². The van der Waals surface area contributed by atoms with E-state index < -0.39 is 0 Å². The van der Waals surface area contributed by atoms with Crippen molar-refractivity contribution < 1.29 is 18.9 Å². The highest BCUT2D eigenvalue weighted by Gasteiger charge is 2.11. The van der Waals surface area contributed by atoms with Crippen molar-refractivity contribution >= 4 is 15.9 Å². The highest BCUT2D eigenvalue weighted by Crippen LogP contribution is 2.36. The van der Waals surface area contributed by atoms with E-state index in [2.05, 4.69) is 21.2 Å².